The fraction of sp³-hybridized carbons (Fsp3) is 0.625. The minimum Gasteiger partial charge on any atom is -0.388 e. The highest BCUT2D eigenvalue weighted by Crippen LogP contribution is 2.33. The molecule has 1 saturated carbocycles. The summed E-state index contributed by atoms with van der Waals surface area (Å²) in [6.07, 6.45) is 4.10. The van der Waals surface area contributed by atoms with Crippen LogP contribution in [0.15, 0.2) is 35.9 Å². The van der Waals surface area contributed by atoms with E-state index in [2.05, 4.69) is 5.32 Å². The maximum atomic E-state index is 11.8. The van der Waals surface area contributed by atoms with E-state index in [4.69, 9.17) is 18.9 Å². The maximum absolute atomic E-state index is 11.8. The van der Waals surface area contributed by atoms with E-state index in [-0.39, 0.29) is 18.6 Å². The third-order valence-electron chi connectivity index (χ3n) is 6.18. The number of amides is 1. The van der Waals surface area contributed by atoms with Crippen LogP contribution < -0.4 is 5.32 Å². The van der Waals surface area contributed by atoms with Gasteiger partial charge in [-0.25, -0.2) is 0 Å². The summed E-state index contributed by atoms with van der Waals surface area (Å²) in [6, 6.07) is 9.23. The SMILES string of the molecule is CC(=O)N[C@H]1[C@H](OC2CCCCC2)O[C@@H]2CO[C@@H](/C(C)=C/c3ccccc3)O[C@H]2[C@@H]1O. The van der Waals surface area contributed by atoms with Gasteiger partial charge in [-0.2, -0.15) is 0 Å². The molecular formula is C24H33NO6. The fourth-order valence-corrected chi connectivity index (χ4v) is 4.60. The Morgan fingerprint density at radius 3 is 2.58 bits per heavy atom. The Morgan fingerprint density at radius 2 is 1.87 bits per heavy atom. The van der Waals surface area contributed by atoms with Crippen molar-refractivity contribution in [2.75, 3.05) is 6.61 Å². The van der Waals surface area contributed by atoms with E-state index >= 15 is 0 Å². The molecule has 2 heterocycles. The summed E-state index contributed by atoms with van der Waals surface area (Å²) in [7, 11) is 0. The molecule has 6 atom stereocenters. The maximum Gasteiger partial charge on any atom is 0.217 e. The summed E-state index contributed by atoms with van der Waals surface area (Å²) >= 11 is 0. The van der Waals surface area contributed by atoms with Crippen molar-refractivity contribution in [2.24, 2.45) is 0 Å². The van der Waals surface area contributed by atoms with Crippen molar-refractivity contribution in [3.8, 4) is 0 Å². The molecule has 2 saturated heterocycles. The molecule has 0 radical (unpaired) electrons. The van der Waals surface area contributed by atoms with Gasteiger partial charge in [0.05, 0.1) is 12.7 Å². The van der Waals surface area contributed by atoms with Crippen molar-refractivity contribution in [3.05, 3.63) is 41.5 Å². The number of carbonyl (C=O) groups is 1. The fourth-order valence-electron chi connectivity index (χ4n) is 4.60. The Bertz CT molecular complexity index is 763. The summed E-state index contributed by atoms with van der Waals surface area (Å²) < 4.78 is 24.4. The van der Waals surface area contributed by atoms with Crippen LogP contribution in [-0.4, -0.2) is 60.7 Å². The number of carbonyl (C=O) groups excluding carboxylic acids is 1. The van der Waals surface area contributed by atoms with E-state index in [0.29, 0.717) is 0 Å². The van der Waals surface area contributed by atoms with Crippen LogP contribution in [0.1, 0.15) is 51.5 Å². The van der Waals surface area contributed by atoms with Crippen molar-refractivity contribution in [1.82, 2.24) is 5.32 Å². The summed E-state index contributed by atoms with van der Waals surface area (Å²) in [6.45, 7) is 3.65. The molecule has 1 amide bonds. The average Bonchev–Trinajstić information content (AvgIpc) is 2.77. The molecular weight excluding hydrogens is 398 g/mol. The summed E-state index contributed by atoms with van der Waals surface area (Å²) in [4.78, 5) is 11.8. The predicted octanol–water partition coefficient (Wildman–Crippen LogP) is 2.77. The van der Waals surface area contributed by atoms with Gasteiger partial charge in [0, 0.05) is 6.92 Å². The molecule has 7 heteroatoms. The lowest BCUT2D eigenvalue weighted by atomic mass is 9.94. The lowest BCUT2D eigenvalue weighted by Gasteiger charge is -2.48. The Labute approximate surface area is 183 Å². The summed E-state index contributed by atoms with van der Waals surface area (Å²) in [5.74, 6) is -0.243. The van der Waals surface area contributed by atoms with Crippen molar-refractivity contribution in [3.63, 3.8) is 0 Å². The molecule has 31 heavy (non-hydrogen) atoms. The van der Waals surface area contributed by atoms with Crippen LogP contribution in [0.25, 0.3) is 6.08 Å². The number of hydrogen-bond donors (Lipinski definition) is 2. The minimum absolute atomic E-state index is 0.0768. The number of rotatable bonds is 5. The van der Waals surface area contributed by atoms with Gasteiger partial charge in [0.1, 0.15) is 24.4 Å². The van der Waals surface area contributed by atoms with Gasteiger partial charge in [-0.1, -0.05) is 55.7 Å². The average molecular weight is 432 g/mol. The number of nitrogens with one attached hydrogen (secondary N) is 1. The first kappa shape index (κ1) is 22.4. The lowest BCUT2D eigenvalue weighted by Crippen LogP contribution is -2.67. The third-order valence-corrected chi connectivity index (χ3v) is 6.18. The number of benzene rings is 1. The van der Waals surface area contributed by atoms with E-state index in [1.54, 1.807) is 0 Å². The summed E-state index contributed by atoms with van der Waals surface area (Å²) in [5.41, 5.74) is 1.94. The smallest absolute Gasteiger partial charge is 0.217 e. The van der Waals surface area contributed by atoms with Crippen LogP contribution >= 0.6 is 0 Å². The molecule has 2 aliphatic heterocycles. The second-order valence-electron chi connectivity index (χ2n) is 8.72. The Hall–Kier alpha value is -1.77. The van der Waals surface area contributed by atoms with Gasteiger partial charge in [0.15, 0.2) is 12.6 Å². The first-order valence-electron chi connectivity index (χ1n) is 11.3. The lowest BCUT2D eigenvalue weighted by molar-refractivity contribution is -0.340. The van der Waals surface area contributed by atoms with Gasteiger partial charge in [-0.15, -0.1) is 0 Å². The molecule has 2 N–H and O–H groups in total. The summed E-state index contributed by atoms with van der Waals surface area (Å²) in [5, 5.41) is 13.9. The van der Waals surface area contributed by atoms with Crippen LogP contribution in [-0.2, 0) is 23.7 Å². The molecule has 3 aliphatic rings. The molecule has 0 bridgehead atoms. The van der Waals surface area contributed by atoms with Crippen molar-refractivity contribution >= 4 is 12.0 Å². The molecule has 7 nitrogen and oxygen atoms in total. The first-order valence-corrected chi connectivity index (χ1v) is 11.3. The van der Waals surface area contributed by atoms with Gasteiger partial charge in [-0.05, 0) is 30.9 Å². The van der Waals surface area contributed by atoms with Crippen LogP contribution in [0.4, 0.5) is 0 Å². The van der Waals surface area contributed by atoms with E-state index in [0.717, 1.165) is 36.8 Å². The quantitative estimate of drug-likeness (QED) is 0.746. The van der Waals surface area contributed by atoms with Crippen molar-refractivity contribution in [1.29, 1.82) is 0 Å². The number of ether oxygens (including phenoxy) is 4. The number of aliphatic hydroxyl groups is 1. The molecule has 0 aromatic heterocycles. The van der Waals surface area contributed by atoms with Crippen LogP contribution in [0.2, 0.25) is 0 Å². The Morgan fingerprint density at radius 1 is 1.13 bits per heavy atom. The van der Waals surface area contributed by atoms with Gasteiger partial charge >= 0.3 is 0 Å². The zero-order valence-corrected chi connectivity index (χ0v) is 18.2. The Kier molecular flexibility index (Phi) is 7.40. The first-order chi connectivity index (χ1) is 15.0. The molecule has 1 aromatic rings. The van der Waals surface area contributed by atoms with Gasteiger partial charge in [0.25, 0.3) is 0 Å². The minimum atomic E-state index is -0.966. The number of hydrogen-bond acceptors (Lipinski definition) is 6. The highest BCUT2D eigenvalue weighted by Gasteiger charge is 2.50. The van der Waals surface area contributed by atoms with E-state index < -0.39 is 36.9 Å². The number of fused-ring (bicyclic) bond motifs is 1. The second kappa shape index (κ2) is 10.2. The van der Waals surface area contributed by atoms with Crippen LogP contribution in [0, 0.1) is 0 Å². The second-order valence-corrected chi connectivity index (χ2v) is 8.72. The topological polar surface area (TPSA) is 86.3 Å². The largest absolute Gasteiger partial charge is 0.388 e. The highest BCUT2D eigenvalue weighted by molar-refractivity contribution is 5.73. The van der Waals surface area contributed by atoms with E-state index in [1.807, 2.05) is 43.3 Å². The van der Waals surface area contributed by atoms with Crippen molar-refractivity contribution < 1.29 is 28.8 Å². The molecule has 170 valence electrons. The normalized spacial score (nSPS) is 34.7. The van der Waals surface area contributed by atoms with Crippen molar-refractivity contribution in [2.45, 2.75) is 89.0 Å². The van der Waals surface area contributed by atoms with Crippen LogP contribution in [0.3, 0.4) is 0 Å². The molecule has 3 fully saturated rings. The van der Waals surface area contributed by atoms with Gasteiger partial charge in [-0.3, -0.25) is 4.79 Å². The Balaban J connectivity index is 1.46. The molecule has 0 unspecified atom stereocenters. The highest BCUT2D eigenvalue weighted by atomic mass is 16.7. The number of aliphatic hydroxyl groups excluding tert-OH is 1. The van der Waals surface area contributed by atoms with Gasteiger partial charge in [0.2, 0.25) is 5.91 Å². The van der Waals surface area contributed by atoms with E-state index in [1.165, 1.54) is 13.3 Å². The zero-order valence-electron chi connectivity index (χ0n) is 18.2. The predicted molar refractivity (Wildman–Crippen MR) is 115 cm³/mol. The van der Waals surface area contributed by atoms with Gasteiger partial charge < -0.3 is 29.4 Å². The standard InChI is InChI=1S/C24H33NO6/c1-15(13-17-9-5-3-6-10-17)23-28-14-19-22(31-23)21(27)20(25-16(2)26)24(30-19)29-18-11-7-4-8-12-18/h3,5-6,9-10,13,18-24,27H,4,7-8,11-12,14H2,1-2H3,(H,25,26)/b15-13+/t19-,20-,21-,22-,23-,24-/m1/s1. The third kappa shape index (κ3) is 5.54. The molecule has 1 aliphatic carbocycles. The van der Waals surface area contributed by atoms with Crippen LogP contribution in [0.5, 0.6) is 0 Å². The zero-order chi connectivity index (χ0) is 21.8. The molecule has 1 aromatic carbocycles. The monoisotopic (exact) mass is 431 g/mol. The molecule has 4 rings (SSSR count). The molecule has 0 spiro atoms. The van der Waals surface area contributed by atoms with E-state index in [9.17, 15) is 9.90 Å².